The number of hydrogen-bond acceptors (Lipinski definition) is 3. The number of rotatable bonds is 6. The first kappa shape index (κ1) is 20.9. The third kappa shape index (κ3) is 4.71. The zero-order chi connectivity index (χ0) is 21.8. The average Bonchev–Trinajstić information content (AvgIpc) is 3.31. The molecule has 0 atom stereocenters. The molecule has 0 aromatic heterocycles. The van der Waals surface area contributed by atoms with Gasteiger partial charge in [-0.2, -0.15) is 0 Å². The highest BCUT2D eigenvalue weighted by molar-refractivity contribution is 5.88. The number of halogens is 1. The molecule has 0 radical (unpaired) electrons. The Morgan fingerprint density at radius 2 is 1.81 bits per heavy atom. The summed E-state index contributed by atoms with van der Waals surface area (Å²) in [5, 5.41) is 2.75. The molecule has 1 heterocycles. The van der Waals surface area contributed by atoms with Gasteiger partial charge < -0.3 is 15.0 Å². The molecule has 3 aromatic carbocycles. The highest BCUT2D eigenvalue weighted by atomic mass is 19.1. The monoisotopic (exact) mass is 418 g/mol. The van der Waals surface area contributed by atoms with Crippen LogP contribution in [-0.2, 0) is 11.2 Å². The maximum atomic E-state index is 15.7. The first-order valence-corrected chi connectivity index (χ1v) is 10.6. The molecular weight excluding hydrogens is 391 g/mol. The number of hydrogen-bond donors (Lipinski definition) is 1. The molecule has 1 saturated heterocycles. The molecule has 1 aliphatic rings. The number of ether oxygens (including phenoxy) is 1. The van der Waals surface area contributed by atoms with Crippen molar-refractivity contribution in [3.05, 3.63) is 77.6 Å². The summed E-state index contributed by atoms with van der Waals surface area (Å²) in [4.78, 5) is 13.5. The van der Waals surface area contributed by atoms with Gasteiger partial charge in [-0.1, -0.05) is 30.3 Å². The van der Waals surface area contributed by atoms with Gasteiger partial charge in [0.05, 0.1) is 12.7 Å². The lowest BCUT2D eigenvalue weighted by Gasteiger charge is -2.19. The number of benzene rings is 3. The lowest BCUT2D eigenvalue weighted by Crippen LogP contribution is -2.17. The standard InChI is InChI=1S/C26H27FN2O2/c1-18(30)28-22-11-8-19(9-12-22)16-21-10-13-24(31-2)25(26(21)27)20-6-5-7-23(17-20)29-14-3-4-15-29/h5-13,17H,3-4,14-16H2,1-2H3,(H,28,30). The summed E-state index contributed by atoms with van der Waals surface area (Å²) in [6.45, 7) is 3.55. The number of anilines is 2. The SMILES string of the molecule is COc1ccc(Cc2ccc(NC(C)=O)cc2)c(F)c1-c1cccc(N2CCCC2)c1. The topological polar surface area (TPSA) is 41.6 Å². The molecule has 4 nitrogen and oxygen atoms in total. The highest BCUT2D eigenvalue weighted by Gasteiger charge is 2.19. The molecule has 31 heavy (non-hydrogen) atoms. The minimum Gasteiger partial charge on any atom is -0.496 e. The quantitative estimate of drug-likeness (QED) is 0.562. The van der Waals surface area contributed by atoms with E-state index in [1.54, 1.807) is 13.2 Å². The van der Waals surface area contributed by atoms with Crippen LogP contribution in [0.4, 0.5) is 15.8 Å². The predicted octanol–water partition coefficient (Wildman–Crippen LogP) is 5.65. The normalized spacial score (nSPS) is 13.3. The van der Waals surface area contributed by atoms with E-state index in [4.69, 9.17) is 4.74 Å². The van der Waals surface area contributed by atoms with Crippen LogP contribution in [0.15, 0.2) is 60.7 Å². The molecule has 1 N–H and O–H groups in total. The third-order valence-electron chi connectivity index (χ3n) is 5.68. The number of nitrogens with zero attached hydrogens (tertiary/aromatic N) is 1. The molecule has 4 rings (SSSR count). The smallest absolute Gasteiger partial charge is 0.221 e. The fourth-order valence-corrected chi connectivity index (χ4v) is 4.14. The fraction of sp³-hybridized carbons (Fsp3) is 0.269. The van der Waals surface area contributed by atoms with Crippen molar-refractivity contribution in [2.45, 2.75) is 26.2 Å². The summed E-state index contributed by atoms with van der Waals surface area (Å²) in [6, 6.07) is 19.1. The van der Waals surface area contributed by atoms with E-state index in [-0.39, 0.29) is 11.7 Å². The van der Waals surface area contributed by atoms with Crippen LogP contribution >= 0.6 is 0 Å². The maximum absolute atomic E-state index is 15.7. The fourth-order valence-electron chi connectivity index (χ4n) is 4.14. The van der Waals surface area contributed by atoms with E-state index in [1.807, 2.05) is 42.5 Å². The second-order valence-electron chi connectivity index (χ2n) is 7.92. The third-order valence-corrected chi connectivity index (χ3v) is 5.68. The van der Waals surface area contributed by atoms with Gasteiger partial charge in [-0.05, 0) is 59.9 Å². The second kappa shape index (κ2) is 9.21. The zero-order valence-corrected chi connectivity index (χ0v) is 18.0. The van der Waals surface area contributed by atoms with Gasteiger partial charge in [0.2, 0.25) is 5.91 Å². The Kier molecular flexibility index (Phi) is 6.21. The lowest BCUT2D eigenvalue weighted by molar-refractivity contribution is -0.114. The van der Waals surface area contributed by atoms with Crippen LogP contribution in [0.2, 0.25) is 0 Å². The van der Waals surface area contributed by atoms with E-state index in [0.29, 0.717) is 23.3 Å². The van der Waals surface area contributed by atoms with Gasteiger partial charge in [-0.3, -0.25) is 4.79 Å². The molecule has 0 bridgehead atoms. The molecular formula is C26H27FN2O2. The largest absolute Gasteiger partial charge is 0.496 e. The molecule has 3 aromatic rings. The molecule has 5 heteroatoms. The molecule has 0 aliphatic carbocycles. The van der Waals surface area contributed by atoms with Crippen molar-refractivity contribution in [3.8, 4) is 16.9 Å². The van der Waals surface area contributed by atoms with Crippen LogP contribution in [-0.4, -0.2) is 26.1 Å². The Morgan fingerprint density at radius 1 is 1.06 bits per heavy atom. The van der Waals surface area contributed by atoms with Crippen molar-refractivity contribution in [3.63, 3.8) is 0 Å². The number of methoxy groups -OCH3 is 1. The van der Waals surface area contributed by atoms with E-state index in [9.17, 15) is 4.79 Å². The van der Waals surface area contributed by atoms with Crippen molar-refractivity contribution >= 4 is 17.3 Å². The predicted molar refractivity (Wildman–Crippen MR) is 123 cm³/mol. The van der Waals surface area contributed by atoms with Crippen molar-refractivity contribution < 1.29 is 13.9 Å². The van der Waals surface area contributed by atoms with E-state index >= 15 is 4.39 Å². The Hall–Kier alpha value is -3.34. The van der Waals surface area contributed by atoms with Gasteiger partial charge >= 0.3 is 0 Å². The first-order valence-electron chi connectivity index (χ1n) is 10.6. The summed E-state index contributed by atoms with van der Waals surface area (Å²) < 4.78 is 21.2. The minimum absolute atomic E-state index is 0.116. The summed E-state index contributed by atoms with van der Waals surface area (Å²) >= 11 is 0. The first-order chi connectivity index (χ1) is 15.0. The van der Waals surface area contributed by atoms with Crippen molar-refractivity contribution in [1.82, 2.24) is 0 Å². The van der Waals surface area contributed by atoms with Gasteiger partial charge in [0.25, 0.3) is 0 Å². The van der Waals surface area contributed by atoms with Crippen LogP contribution in [0.25, 0.3) is 11.1 Å². The summed E-state index contributed by atoms with van der Waals surface area (Å²) in [5.41, 5.74) is 4.74. The second-order valence-corrected chi connectivity index (χ2v) is 7.92. The summed E-state index contributed by atoms with van der Waals surface area (Å²) in [6.07, 6.45) is 2.84. The van der Waals surface area contributed by atoms with Gasteiger partial charge in [0, 0.05) is 37.8 Å². The van der Waals surface area contributed by atoms with E-state index < -0.39 is 0 Å². The van der Waals surface area contributed by atoms with Crippen molar-refractivity contribution in [2.24, 2.45) is 0 Å². The van der Waals surface area contributed by atoms with Gasteiger partial charge in [-0.25, -0.2) is 4.39 Å². The minimum atomic E-state index is -0.260. The molecule has 160 valence electrons. The number of nitrogens with one attached hydrogen (secondary N) is 1. The summed E-state index contributed by atoms with van der Waals surface area (Å²) in [7, 11) is 1.57. The van der Waals surface area contributed by atoms with Crippen LogP contribution in [0.5, 0.6) is 5.75 Å². The van der Waals surface area contributed by atoms with Gasteiger partial charge in [0.15, 0.2) is 0 Å². The van der Waals surface area contributed by atoms with Crippen molar-refractivity contribution in [1.29, 1.82) is 0 Å². The van der Waals surface area contributed by atoms with E-state index in [2.05, 4.69) is 22.3 Å². The van der Waals surface area contributed by atoms with Crippen molar-refractivity contribution in [2.75, 3.05) is 30.4 Å². The maximum Gasteiger partial charge on any atom is 0.221 e. The van der Waals surface area contributed by atoms with Crippen LogP contribution in [0.1, 0.15) is 30.9 Å². The zero-order valence-electron chi connectivity index (χ0n) is 18.0. The molecule has 1 amide bonds. The molecule has 0 unspecified atom stereocenters. The Balaban J connectivity index is 1.65. The number of carbonyl (C=O) groups is 1. The van der Waals surface area contributed by atoms with Crippen LogP contribution in [0, 0.1) is 5.82 Å². The summed E-state index contributed by atoms with van der Waals surface area (Å²) in [5.74, 6) is 0.152. The van der Waals surface area contributed by atoms with Crippen LogP contribution in [0.3, 0.4) is 0 Å². The average molecular weight is 419 g/mol. The van der Waals surface area contributed by atoms with Gasteiger partial charge in [0.1, 0.15) is 11.6 Å². The molecule has 0 spiro atoms. The number of amides is 1. The van der Waals surface area contributed by atoms with E-state index in [0.717, 1.165) is 35.6 Å². The number of carbonyl (C=O) groups excluding carboxylic acids is 1. The lowest BCUT2D eigenvalue weighted by atomic mass is 9.96. The van der Waals surface area contributed by atoms with Crippen LogP contribution < -0.4 is 15.0 Å². The Morgan fingerprint density at radius 3 is 2.48 bits per heavy atom. The van der Waals surface area contributed by atoms with Gasteiger partial charge in [-0.15, -0.1) is 0 Å². The highest BCUT2D eigenvalue weighted by Crippen LogP contribution is 2.37. The molecule has 1 fully saturated rings. The van der Waals surface area contributed by atoms with E-state index in [1.165, 1.54) is 19.8 Å². The Labute approximate surface area is 182 Å². The molecule has 0 saturated carbocycles. The molecule has 1 aliphatic heterocycles. The Bertz CT molecular complexity index is 1070.